The summed E-state index contributed by atoms with van der Waals surface area (Å²) < 4.78 is 28.7. The van der Waals surface area contributed by atoms with Gasteiger partial charge in [-0.25, -0.2) is 13.1 Å². The minimum atomic E-state index is -3.45. The predicted octanol–water partition coefficient (Wildman–Crippen LogP) is 7.11. The zero-order valence-electron chi connectivity index (χ0n) is 22.8. The van der Waals surface area contributed by atoms with E-state index in [1.807, 2.05) is 69.0 Å². The third-order valence-corrected chi connectivity index (χ3v) is 10.2. The molecule has 1 saturated heterocycles. The molecule has 1 aromatic rings. The number of rotatable bonds is 12. The van der Waals surface area contributed by atoms with Gasteiger partial charge in [0.1, 0.15) is 0 Å². The van der Waals surface area contributed by atoms with E-state index in [0.29, 0.717) is 42.2 Å². The molecule has 0 bridgehead atoms. The summed E-state index contributed by atoms with van der Waals surface area (Å²) in [5.41, 5.74) is 1.21. The lowest BCUT2D eigenvalue weighted by Crippen LogP contribution is -2.63. The molecule has 1 aliphatic heterocycles. The average Bonchev–Trinajstić information content (AvgIpc) is 3.69. The van der Waals surface area contributed by atoms with Gasteiger partial charge in [-0.1, -0.05) is 74.0 Å². The SMILES string of the molecule is C=CC[C@@]1(C)C[C@H](c2cccc(Cl)c2)C(C(/C=C\C(=C)Cl)=C/C)N(C(CC)[C@@H](C)NS(=O)(=O)C2CC2)C1=O. The number of carbonyl (C=O) groups is 1. The summed E-state index contributed by atoms with van der Waals surface area (Å²) in [6.07, 6.45) is 10.4. The van der Waals surface area contributed by atoms with Gasteiger partial charge in [-0.05, 0) is 75.3 Å². The second-order valence-electron chi connectivity index (χ2n) is 10.8. The second-order valence-corrected chi connectivity index (χ2v) is 13.7. The van der Waals surface area contributed by atoms with Crippen molar-refractivity contribution in [3.63, 3.8) is 0 Å². The summed E-state index contributed by atoms with van der Waals surface area (Å²) in [6, 6.07) is 6.54. The van der Waals surface area contributed by atoms with Gasteiger partial charge in [0, 0.05) is 28.1 Å². The van der Waals surface area contributed by atoms with E-state index in [9.17, 15) is 13.2 Å². The van der Waals surface area contributed by atoms with Crippen molar-refractivity contribution in [2.24, 2.45) is 5.41 Å². The summed E-state index contributed by atoms with van der Waals surface area (Å²) >= 11 is 12.5. The molecule has 1 saturated carbocycles. The Balaban J connectivity index is 2.21. The number of piperidine rings is 1. The van der Waals surface area contributed by atoms with Crippen LogP contribution in [0.25, 0.3) is 0 Å². The Kier molecular flexibility index (Phi) is 10.1. The number of hydrogen-bond donors (Lipinski definition) is 1. The molecule has 1 N–H and O–H groups in total. The Morgan fingerprint density at radius 2 is 2.00 bits per heavy atom. The van der Waals surface area contributed by atoms with Crippen molar-refractivity contribution >= 4 is 39.1 Å². The number of halogens is 2. The monoisotopic (exact) mass is 578 g/mol. The maximum atomic E-state index is 14.4. The molecule has 5 atom stereocenters. The van der Waals surface area contributed by atoms with Crippen LogP contribution in [0.4, 0.5) is 0 Å². The summed E-state index contributed by atoms with van der Waals surface area (Å²) in [7, 11) is -3.45. The van der Waals surface area contributed by atoms with E-state index in [1.165, 1.54) is 0 Å². The van der Waals surface area contributed by atoms with Gasteiger partial charge in [-0.3, -0.25) is 4.79 Å². The summed E-state index contributed by atoms with van der Waals surface area (Å²) in [5.74, 6) is -0.112. The maximum absolute atomic E-state index is 14.4. The molecule has 5 nitrogen and oxygen atoms in total. The number of carbonyl (C=O) groups excluding carboxylic acids is 1. The number of allylic oxidation sites excluding steroid dienone is 4. The zero-order chi connectivity index (χ0) is 28.3. The molecule has 1 heterocycles. The highest BCUT2D eigenvalue weighted by molar-refractivity contribution is 7.90. The Morgan fingerprint density at radius 1 is 1.32 bits per heavy atom. The first kappa shape index (κ1) is 30.7. The van der Waals surface area contributed by atoms with Gasteiger partial charge in [0.2, 0.25) is 15.9 Å². The van der Waals surface area contributed by atoms with Gasteiger partial charge in [0.05, 0.1) is 16.7 Å². The number of likely N-dealkylation sites (tertiary alicyclic amines) is 1. The minimum absolute atomic E-state index is 0.0116. The van der Waals surface area contributed by atoms with Gasteiger partial charge in [0.25, 0.3) is 0 Å². The number of nitrogens with one attached hydrogen (secondary N) is 1. The van der Waals surface area contributed by atoms with E-state index in [1.54, 1.807) is 12.2 Å². The lowest BCUT2D eigenvalue weighted by atomic mass is 9.66. The van der Waals surface area contributed by atoms with E-state index >= 15 is 0 Å². The van der Waals surface area contributed by atoms with Gasteiger partial charge in [-0.15, -0.1) is 6.58 Å². The number of nitrogens with zero attached hydrogens (tertiary/aromatic N) is 1. The molecule has 0 aromatic heterocycles. The molecule has 2 aliphatic rings. The summed E-state index contributed by atoms with van der Waals surface area (Å²) in [5, 5.41) is 0.662. The topological polar surface area (TPSA) is 66.5 Å². The van der Waals surface area contributed by atoms with Gasteiger partial charge in [0.15, 0.2) is 0 Å². The first-order valence-corrected chi connectivity index (χ1v) is 15.6. The molecule has 3 rings (SSSR count). The second kappa shape index (κ2) is 12.5. The van der Waals surface area contributed by atoms with Crippen LogP contribution in [0.3, 0.4) is 0 Å². The van der Waals surface area contributed by atoms with E-state index in [-0.39, 0.29) is 29.2 Å². The van der Waals surface area contributed by atoms with Crippen molar-refractivity contribution in [2.75, 3.05) is 0 Å². The molecule has 1 aliphatic carbocycles. The van der Waals surface area contributed by atoms with Crippen molar-refractivity contribution in [3.8, 4) is 0 Å². The van der Waals surface area contributed by atoms with E-state index in [2.05, 4.69) is 17.9 Å². The van der Waals surface area contributed by atoms with Crippen LogP contribution in [0, 0.1) is 5.41 Å². The van der Waals surface area contributed by atoms with Gasteiger partial charge in [-0.2, -0.15) is 0 Å². The fraction of sp³-hybridized carbons (Fsp3) is 0.500. The standard InChI is InChI=1S/C30H40Cl2N2O3S/c1-7-17-30(6)19-26(23-11-10-12-24(32)18-23)28(22(8-2)14-13-20(4)31)34(29(30)35)27(9-3)21(5)33-38(36,37)25-15-16-25/h7-8,10-14,18,21,25-28,33H,1,4,9,15-17,19H2,2-3,5-6H3/b14-13-,22-8+/t21-,26-,27?,28?,30+/m1/s1. The minimum Gasteiger partial charge on any atom is -0.330 e. The smallest absolute Gasteiger partial charge is 0.229 e. The fourth-order valence-corrected chi connectivity index (χ4v) is 7.63. The number of benzene rings is 1. The maximum Gasteiger partial charge on any atom is 0.229 e. The number of amides is 1. The molecular weight excluding hydrogens is 539 g/mol. The third kappa shape index (κ3) is 6.82. The van der Waals surface area contributed by atoms with Crippen LogP contribution in [0.2, 0.25) is 5.02 Å². The fourth-order valence-electron chi connectivity index (χ4n) is 5.75. The highest BCUT2D eigenvalue weighted by Crippen LogP contribution is 2.48. The Bertz CT molecular complexity index is 1220. The lowest BCUT2D eigenvalue weighted by molar-refractivity contribution is -0.153. The van der Waals surface area contributed by atoms with E-state index < -0.39 is 21.5 Å². The van der Waals surface area contributed by atoms with Crippen molar-refractivity contribution in [1.29, 1.82) is 0 Å². The summed E-state index contributed by atoms with van der Waals surface area (Å²) in [4.78, 5) is 16.4. The molecule has 8 heteroatoms. The molecular formula is C30H40Cl2N2O3S. The Morgan fingerprint density at radius 3 is 2.53 bits per heavy atom. The molecule has 0 radical (unpaired) electrons. The summed E-state index contributed by atoms with van der Waals surface area (Å²) in [6.45, 7) is 15.5. The first-order valence-electron chi connectivity index (χ1n) is 13.3. The molecule has 1 aromatic carbocycles. The van der Waals surface area contributed by atoms with Crippen LogP contribution in [-0.2, 0) is 14.8 Å². The molecule has 0 spiro atoms. The van der Waals surface area contributed by atoms with E-state index in [0.717, 1.165) is 11.1 Å². The van der Waals surface area contributed by atoms with Crippen molar-refractivity contribution in [3.05, 3.63) is 82.9 Å². The van der Waals surface area contributed by atoms with E-state index in [4.69, 9.17) is 23.2 Å². The van der Waals surface area contributed by atoms with Crippen LogP contribution >= 0.6 is 23.2 Å². The van der Waals surface area contributed by atoms with Crippen LogP contribution < -0.4 is 4.72 Å². The quantitative estimate of drug-likeness (QED) is 0.212. The molecule has 1 amide bonds. The Hall–Kier alpha value is -1.86. The van der Waals surface area contributed by atoms with Gasteiger partial charge < -0.3 is 4.90 Å². The highest BCUT2D eigenvalue weighted by atomic mass is 35.5. The number of sulfonamides is 1. The third-order valence-electron chi connectivity index (χ3n) is 7.77. The zero-order valence-corrected chi connectivity index (χ0v) is 25.1. The predicted molar refractivity (Wildman–Crippen MR) is 159 cm³/mol. The normalized spacial score (nSPS) is 26.4. The molecule has 2 unspecified atom stereocenters. The number of hydrogen-bond acceptors (Lipinski definition) is 3. The van der Waals surface area contributed by atoms with Gasteiger partial charge >= 0.3 is 0 Å². The first-order chi connectivity index (χ1) is 17.9. The molecule has 38 heavy (non-hydrogen) atoms. The van der Waals surface area contributed by atoms with Crippen LogP contribution in [-0.4, -0.2) is 42.6 Å². The highest BCUT2D eigenvalue weighted by Gasteiger charge is 2.52. The molecule has 2 fully saturated rings. The molecule has 208 valence electrons. The van der Waals surface area contributed by atoms with Crippen molar-refractivity contribution in [2.45, 2.75) is 89.1 Å². The average molecular weight is 580 g/mol. The lowest BCUT2D eigenvalue weighted by Gasteiger charge is -2.53. The van der Waals surface area contributed by atoms with Crippen molar-refractivity contribution < 1.29 is 13.2 Å². The van der Waals surface area contributed by atoms with Crippen LogP contribution in [0.15, 0.2) is 72.3 Å². The largest absolute Gasteiger partial charge is 0.330 e. The van der Waals surface area contributed by atoms with Crippen molar-refractivity contribution in [1.82, 2.24) is 9.62 Å². The Labute approximate surface area is 238 Å². The van der Waals surface area contributed by atoms with Crippen LogP contribution in [0.1, 0.15) is 71.3 Å². The van der Waals surface area contributed by atoms with Crippen LogP contribution in [0.5, 0.6) is 0 Å².